The van der Waals surface area contributed by atoms with Gasteiger partial charge in [0, 0.05) is 15.3 Å². The number of ether oxygens (including phenoxy) is 1. The zero-order valence-electron chi connectivity index (χ0n) is 14.1. The molecule has 0 spiro atoms. The molecule has 0 aliphatic rings. The van der Waals surface area contributed by atoms with Crippen LogP contribution in [0.25, 0.3) is 5.69 Å². The molecular formula is C17H17BrN4O2S. The van der Waals surface area contributed by atoms with Gasteiger partial charge in [0.15, 0.2) is 5.69 Å². The lowest BCUT2D eigenvalue weighted by atomic mass is 9.98. The van der Waals surface area contributed by atoms with Gasteiger partial charge >= 0.3 is 5.97 Å². The van der Waals surface area contributed by atoms with Gasteiger partial charge in [-0.1, -0.05) is 42.8 Å². The summed E-state index contributed by atoms with van der Waals surface area (Å²) >= 11 is 4.96. The molecule has 0 atom stereocenters. The molecule has 0 saturated heterocycles. The molecule has 0 radical (unpaired) electrons. The minimum absolute atomic E-state index is 0.0143. The Morgan fingerprint density at radius 1 is 1.36 bits per heavy atom. The van der Waals surface area contributed by atoms with Crippen molar-refractivity contribution in [3.8, 4) is 5.69 Å². The minimum atomic E-state index is -0.522. The lowest BCUT2D eigenvalue weighted by molar-refractivity contribution is 0.0460. The monoisotopic (exact) mass is 420 g/mol. The van der Waals surface area contributed by atoms with Crippen LogP contribution in [0.2, 0.25) is 0 Å². The van der Waals surface area contributed by atoms with Crippen LogP contribution < -0.4 is 0 Å². The van der Waals surface area contributed by atoms with Gasteiger partial charge in [-0.25, -0.2) is 9.78 Å². The molecule has 3 aromatic rings. The van der Waals surface area contributed by atoms with Gasteiger partial charge in [-0.05, 0) is 18.2 Å². The molecule has 0 unspecified atom stereocenters. The molecule has 0 amide bonds. The molecule has 2 heterocycles. The summed E-state index contributed by atoms with van der Waals surface area (Å²) in [5, 5.41) is 11.2. The zero-order valence-corrected chi connectivity index (χ0v) is 16.5. The van der Waals surface area contributed by atoms with Crippen molar-refractivity contribution in [2.75, 3.05) is 0 Å². The smallest absolute Gasteiger partial charge is 0.360 e. The van der Waals surface area contributed by atoms with Crippen molar-refractivity contribution >= 4 is 33.2 Å². The summed E-state index contributed by atoms with van der Waals surface area (Å²) in [6.07, 6.45) is 1.39. The van der Waals surface area contributed by atoms with Crippen molar-refractivity contribution in [2.24, 2.45) is 0 Å². The Balaban J connectivity index is 1.65. The number of carbonyl (C=O) groups is 1. The van der Waals surface area contributed by atoms with Gasteiger partial charge in [-0.3, -0.25) is 0 Å². The van der Waals surface area contributed by atoms with Crippen LogP contribution in [0.4, 0.5) is 0 Å². The highest BCUT2D eigenvalue weighted by atomic mass is 79.9. The molecule has 0 aliphatic carbocycles. The molecular weight excluding hydrogens is 404 g/mol. The SMILES string of the molecule is CC(C)(C)c1nc(COC(=O)c2cnn(-c3cccc(Br)c3)n2)cs1. The number of carbonyl (C=O) groups excluding carboxylic acids is 1. The van der Waals surface area contributed by atoms with Gasteiger partial charge in [0.05, 0.1) is 22.6 Å². The molecule has 1 aromatic carbocycles. The third-order valence-corrected chi connectivity index (χ3v) is 5.09. The number of halogens is 1. The van der Waals surface area contributed by atoms with E-state index in [0.29, 0.717) is 0 Å². The Morgan fingerprint density at radius 2 is 2.16 bits per heavy atom. The number of rotatable bonds is 4. The van der Waals surface area contributed by atoms with Crippen LogP contribution in [0.3, 0.4) is 0 Å². The molecule has 2 aromatic heterocycles. The van der Waals surface area contributed by atoms with Crippen LogP contribution >= 0.6 is 27.3 Å². The molecule has 25 heavy (non-hydrogen) atoms. The van der Waals surface area contributed by atoms with E-state index in [-0.39, 0.29) is 17.7 Å². The van der Waals surface area contributed by atoms with E-state index in [1.54, 1.807) is 11.3 Å². The fourth-order valence-corrected chi connectivity index (χ4v) is 3.29. The van der Waals surface area contributed by atoms with E-state index in [1.165, 1.54) is 11.0 Å². The van der Waals surface area contributed by atoms with E-state index in [9.17, 15) is 4.79 Å². The third kappa shape index (κ3) is 4.32. The predicted octanol–water partition coefficient (Wildman–Crippen LogP) is 4.14. The lowest BCUT2D eigenvalue weighted by Crippen LogP contribution is -2.11. The van der Waals surface area contributed by atoms with Gasteiger partial charge in [-0.2, -0.15) is 9.90 Å². The van der Waals surface area contributed by atoms with E-state index in [1.807, 2.05) is 29.6 Å². The van der Waals surface area contributed by atoms with Crippen LogP contribution in [0.1, 0.15) is 42.0 Å². The number of nitrogens with zero attached hydrogens (tertiary/aromatic N) is 4. The minimum Gasteiger partial charge on any atom is -0.454 e. The van der Waals surface area contributed by atoms with E-state index >= 15 is 0 Å². The summed E-state index contributed by atoms with van der Waals surface area (Å²) in [6, 6.07) is 7.49. The second-order valence-electron chi connectivity index (χ2n) is 6.47. The molecule has 0 N–H and O–H groups in total. The topological polar surface area (TPSA) is 69.9 Å². The first kappa shape index (κ1) is 17.8. The number of esters is 1. The van der Waals surface area contributed by atoms with Crippen molar-refractivity contribution in [1.29, 1.82) is 0 Å². The Hall–Kier alpha value is -2.06. The molecule has 0 saturated carbocycles. The van der Waals surface area contributed by atoms with E-state index in [4.69, 9.17) is 4.74 Å². The van der Waals surface area contributed by atoms with Crippen LogP contribution in [0, 0.1) is 0 Å². The quantitative estimate of drug-likeness (QED) is 0.593. The average Bonchev–Trinajstić information content (AvgIpc) is 3.21. The van der Waals surface area contributed by atoms with E-state index in [2.05, 4.69) is 51.9 Å². The van der Waals surface area contributed by atoms with Crippen molar-refractivity contribution in [2.45, 2.75) is 32.8 Å². The summed E-state index contributed by atoms with van der Waals surface area (Å²) in [6.45, 7) is 6.42. The fourth-order valence-electron chi connectivity index (χ4n) is 2.01. The van der Waals surface area contributed by atoms with Crippen molar-refractivity contribution in [3.63, 3.8) is 0 Å². The van der Waals surface area contributed by atoms with Crippen LogP contribution in [-0.4, -0.2) is 25.9 Å². The summed E-state index contributed by atoms with van der Waals surface area (Å²) in [5.74, 6) is -0.522. The zero-order chi connectivity index (χ0) is 18.0. The first-order valence-corrected chi connectivity index (χ1v) is 9.30. The Kier molecular flexibility index (Phi) is 5.01. The van der Waals surface area contributed by atoms with Gasteiger partial charge in [0.25, 0.3) is 0 Å². The highest BCUT2D eigenvalue weighted by Gasteiger charge is 2.19. The number of aromatic nitrogens is 4. The van der Waals surface area contributed by atoms with Crippen LogP contribution in [0.15, 0.2) is 40.3 Å². The number of thiazole rings is 1. The third-order valence-electron chi connectivity index (χ3n) is 3.28. The molecule has 130 valence electrons. The number of hydrogen-bond donors (Lipinski definition) is 0. The largest absolute Gasteiger partial charge is 0.454 e. The Labute approximate surface area is 158 Å². The Bertz CT molecular complexity index is 898. The standard InChI is InChI=1S/C17H17BrN4O2S/c1-17(2,3)16-20-12(10-25-16)9-24-15(23)14-8-19-22(21-14)13-6-4-5-11(18)7-13/h4-8,10H,9H2,1-3H3. The Morgan fingerprint density at radius 3 is 2.84 bits per heavy atom. The molecule has 8 heteroatoms. The summed E-state index contributed by atoms with van der Waals surface area (Å²) < 4.78 is 6.20. The maximum Gasteiger partial charge on any atom is 0.360 e. The van der Waals surface area contributed by atoms with Gasteiger partial charge < -0.3 is 4.74 Å². The van der Waals surface area contributed by atoms with E-state index < -0.39 is 5.97 Å². The maximum atomic E-state index is 12.2. The summed E-state index contributed by atoms with van der Waals surface area (Å²) in [4.78, 5) is 18.1. The van der Waals surface area contributed by atoms with Gasteiger partial charge in [0.2, 0.25) is 0 Å². The average molecular weight is 421 g/mol. The van der Waals surface area contributed by atoms with Crippen molar-refractivity contribution in [1.82, 2.24) is 20.0 Å². The maximum absolute atomic E-state index is 12.2. The highest BCUT2D eigenvalue weighted by molar-refractivity contribution is 9.10. The highest BCUT2D eigenvalue weighted by Crippen LogP contribution is 2.25. The first-order chi connectivity index (χ1) is 11.8. The van der Waals surface area contributed by atoms with Crippen LogP contribution in [0.5, 0.6) is 0 Å². The normalized spacial score (nSPS) is 11.5. The molecule has 0 bridgehead atoms. The molecule has 3 rings (SSSR count). The van der Waals surface area contributed by atoms with Gasteiger partial charge in [0.1, 0.15) is 6.61 Å². The van der Waals surface area contributed by atoms with Crippen LogP contribution in [-0.2, 0) is 16.8 Å². The molecule has 0 aliphatic heterocycles. The second kappa shape index (κ2) is 7.05. The van der Waals surface area contributed by atoms with E-state index in [0.717, 1.165) is 20.9 Å². The number of hydrogen-bond acceptors (Lipinski definition) is 6. The fraction of sp³-hybridized carbons (Fsp3) is 0.294. The molecule has 0 fully saturated rings. The van der Waals surface area contributed by atoms with Gasteiger partial charge in [-0.15, -0.1) is 16.4 Å². The van der Waals surface area contributed by atoms with Crippen molar-refractivity contribution in [3.05, 3.63) is 56.7 Å². The van der Waals surface area contributed by atoms with Crippen molar-refractivity contribution < 1.29 is 9.53 Å². The predicted molar refractivity (Wildman–Crippen MR) is 99.0 cm³/mol. The number of benzene rings is 1. The summed E-state index contributed by atoms with van der Waals surface area (Å²) in [7, 11) is 0. The second-order valence-corrected chi connectivity index (χ2v) is 8.24. The molecule has 6 nitrogen and oxygen atoms in total. The first-order valence-electron chi connectivity index (χ1n) is 7.63. The lowest BCUT2D eigenvalue weighted by Gasteiger charge is -2.13. The summed E-state index contributed by atoms with van der Waals surface area (Å²) in [5.41, 5.74) is 1.64.